The second kappa shape index (κ2) is 7.46. The number of benzene rings is 4. The summed E-state index contributed by atoms with van der Waals surface area (Å²) >= 11 is 0. The molecule has 162 valence electrons. The summed E-state index contributed by atoms with van der Waals surface area (Å²) in [6.07, 6.45) is 6.90. The number of furan rings is 1. The van der Waals surface area contributed by atoms with E-state index in [2.05, 4.69) is 73.4 Å². The predicted octanol–water partition coefficient (Wildman–Crippen LogP) is 7.92. The molecule has 0 saturated heterocycles. The van der Waals surface area contributed by atoms with Gasteiger partial charge < -0.3 is 4.42 Å². The van der Waals surface area contributed by atoms with Crippen LogP contribution in [-0.4, -0.2) is 28.7 Å². The highest BCUT2D eigenvalue weighted by Gasteiger charge is 2.20. The molecule has 0 unspecified atom stereocenters. The lowest BCUT2D eigenvalue weighted by molar-refractivity contribution is 0.661. The van der Waals surface area contributed by atoms with E-state index < -0.39 is 10.0 Å². The Labute approximate surface area is 194 Å². The summed E-state index contributed by atoms with van der Waals surface area (Å²) < 4.78 is 6.59. The Bertz CT molecular complexity index is 1650. The molecule has 4 heteroatoms. The maximum absolute atomic E-state index is 6.59. The molecule has 0 N–H and O–H groups in total. The summed E-state index contributed by atoms with van der Waals surface area (Å²) in [5.41, 5.74) is 5.68. The van der Waals surface area contributed by atoms with Gasteiger partial charge in [-0.15, -0.1) is 0 Å². The van der Waals surface area contributed by atoms with Gasteiger partial charge in [0.2, 0.25) is 0 Å². The van der Waals surface area contributed by atoms with Crippen molar-refractivity contribution in [2.45, 2.75) is 4.90 Å². The number of para-hydroxylation sites is 3. The Kier molecular flexibility index (Phi) is 4.52. The molecule has 0 bridgehead atoms. The molecule has 3 nitrogen and oxygen atoms in total. The first-order valence-corrected chi connectivity index (χ1v) is 13.8. The fraction of sp³-hybridized carbons (Fsp3) is 0.103. The van der Waals surface area contributed by atoms with Crippen LogP contribution < -0.4 is 0 Å². The lowest BCUT2D eigenvalue weighted by Gasteiger charge is -2.25. The number of hydrogen-bond donors (Lipinski definition) is 0. The molecule has 0 saturated carbocycles. The number of hydrogen-bond acceptors (Lipinski definition) is 3. The molecule has 4 aromatic carbocycles. The molecule has 0 aliphatic heterocycles. The van der Waals surface area contributed by atoms with Gasteiger partial charge in [-0.05, 0) is 37.0 Å². The minimum atomic E-state index is -0.951. The van der Waals surface area contributed by atoms with Crippen molar-refractivity contribution < 1.29 is 4.42 Å². The van der Waals surface area contributed by atoms with E-state index in [1.807, 2.05) is 36.4 Å². The van der Waals surface area contributed by atoms with E-state index >= 15 is 0 Å². The smallest absolute Gasteiger partial charge is 0.164 e. The van der Waals surface area contributed by atoms with Crippen LogP contribution in [0.25, 0.3) is 55.5 Å². The molecule has 33 heavy (non-hydrogen) atoms. The minimum Gasteiger partial charge on any atom is -0.454 e. The van der Waals surface area contributed by atoms with Crippen molar-refractivity contribution in [1.82, 2.24) is 9.97 Å². The van der Waals surface area contributed by atoms with E-state index in [9.17, 15) is 0 Å². The van der Waals surface area contributed by atoms with Gasteiger partial charge in [-0.3, -0.25) is 0 Å². The second-order valence-corrected chi connectivity index (χ2v) is 13.1. The van der Waals surface area contributed by atoms with Crippen LogP contribution in [0.2, 0.25) is 0 Å². The quantitative estimate of drug-likeness (QED) is 0.276. The van der Waals surface area contributed by atoms with Crippen LogP contribution in [0.15, 0.2) is 100 Å². The number of fused-ring (bicyclic) bond motifs is 4. The molecule has 0 atom stereocenters. The van der Waals surface area contributed by atoms with E-state index in [1.54, 1.807) is 0 Å². The van der Waals surface area contributed by atoms with Crippen LogP contribution in [0.5, 0.6) is 0 Å². The molecule has 0 aliphatic carbocycles. The highest BCUT2D eigenvalue weighted by molar-refractivity contribution is 8.32. The van der Waals surface area contributed by atoms with Crippen molar-refractivity contribution in [3.05, 3.63) is 91.0 Å². The van der Waals surface area contributed by atoms with Crippen LogP contribution in [0, 0.1) is 0 Å². The molecule has 0 amide bonds. The van der Waals surface area contributed by atoms with Gasteiger partial charge in [0.25, 0.3) is 0 Å². The molecular formula is C29H24N2OS. The van der Waals surface area contributed by atoms with Crippen molar-refractivity contribution in [3.8, 4) is 22.6 Å². The predicted molar refractivity (Wildman–Crippen MR) is 141 cm³/mol. The lowest BCUT2D eigenvalue weighted by atomic mass is 10.0. The molecule has 2 heterocycles. The van der Waals surface area contributed by atoms with Crippen LogP contribution in [0.4, 0.5) is 0 Å². The summed E-state index contributed by atoms with van der Waals surface area (Å²) in [6.45, 7) is 0. The molecule has 0 spiro atoms. The first-order valence-electron chi connectivity index (χ1n) is 11.0. The average molecular weight is 449 g/mol. The Hall–Kier alpha value is -3.63. The highest BCUT2D eigenvalue weighted by atomic mass is 32.3. The zero-order valence-electron chi connectivity index (χ0n) is 18.9. The fourth-order valence-electron chi connectivity index (χ4n) is 4.47. The van der Waals surface area contributed by atoms with Crippen LogP contribution in [-0.2, 0) is 0 Å². The van der Waals surface area contributed by atoms with Crippen molar-refractivity contribution in [2.24, 2.45) is 0 Å². The van der Waals surface area contributed by atoms with Gasteiger partial charge in [0.15, 0.2) is 5.82 Å². The summed E-state index contributed by atoms with van der Waals surface area (Å²) in [7, 11) is -0.951. The van der Waals surface area contributed by atoms with E-state index in [1.165, 1.54) is 4.90 Å². The first-order chi connectivity index (χ1) is 16.0. The van der Waals surface area contributed by atoms with Gasteiger partial charge >= 0.3 is 0 Å². The summed E-state index contributed by atoms with van der Waals surface area (Å²) in [5.74, 6) is 0.682. The molecule has 0 aliphatic rings. The van der Waals surface area contributed by atoms with Crippen LogP contribution >= 0.6 is 10.0 Å². The number of nitrogens with zero attached hydrogens (tertiary/aromatic N) is 2. The van der Waals surface area contributed by atoms with Crippen molar-refractivity contribution in [1.29, 1.82) is 0 Å². The highest BCUT2D eigenvalue weighted by Crippen LogP contribution is 2.50. The third-order valence-electron chi connectivity index (χ3n) is 6.04. The zero-order chi connectivity index (χ0) is 22.6. The number of aromatic nitrogens is 2. The first kappa shape index (κ1) is 20.0. The largest absolute Gasteiger partial charge is 0.454 e. The summed E-state index contributed by atoms with van der Waals surface area (Å²) in [5, 5.41) is 3.30. The molecule has 0 radical (unpaired) electrons. The van der Waals surface area contributed by atoms with Gasteiger partial charge in [-0.25, -0.2) is 20.0 Å². The number of rotatable bonds is 3. The molecule has 2 aromatic heterocycles. The second-order valence-electron chi connectivity index (χ2n) is 9.03. The summed E-state index contributed by atoms with van der Waals surface area (Å²) in [6, 6.07) is 31.2. The Morgan fingerprint density at radius 1 is 0.606 bits per heavy atom. The Balaban J connectivity index is 1.67. The average Bonchev–Trinajstić information content (AvgIpc) is 3.22. The standard InChI is InChI=1S/C29H24N2OS/c1-33(2,3)25-18-10-15-21-20-14-9-16-23(27(20)32-28(21)25)29-30-24-17-8-7-13-22(24)26(31-29)19-11-5-4-6-12-19/h4-18H,1-3H3. The molecule has 6 rings (SSSR count). The maximum atomic E-state index is 6.59. The lowest BCUT2D eigenvalue weighted by Crippen LogP contribution is -1.95. The van der Waals surface area contributed by atoms with Crippen molar-refractivity contribution in [3.63, 3.8) is 0 Å². The molecular weight excluding hydrogens is 424 g/mol. The van der Waals surface area contributed by atoms with Gasteiger partial charge in [-0.2, -0.15) is 0 Å². The summed E-state index contributed by atoms with van der Waals surface area (Å²) in [4.78, 5) is 11.3. The van der Waals surface area contributed by atoms with E-state index in [0.717, 1.165) is 49.7 Å². The van der Waals surface area contributed by atoms with E-state index in [-0.39, 0.29) is 0 Å². The van der Waals surface area contributed by atoms with Crippen molar-refractivity contribution in [2.75, 3.05) is 18.8 Å². The normalized spacial score (nSPS) is 12.6. The van der Waals surface area contributed by atoms with Gasteiger partial charge in [-0.1, -0.05) is 72.8 Å². The fourth-order valence-corrected chi connectivity index (χ4v) is 5.66. The minimum absolute atomic E-state index is 0.682. The van der Waals surface area contributed by atoms with Crippen molar-refractivity contribution >= 4 is 42.9 Å². The SMILES string of the molecule is CS(C)(C)c1cccc2c1oc1c(-c3nc(-c4ccccc4)c4ccccc4n3)cccc12. The van der Waals surface area contributed by atoms with E-state index in [0.29, 0.717) is 5.82 Å². The van der Waals surface area contributed by atoms with Gasteiger partial charge in [0.05, 0.1) is 16.8 Å². The Morgan fingerprint density at radius 2 is 1.27 bits per heavy atom. The topological polar surface area (TPSA) is 38.9 Å². The molecule has 6 aromatic rings. The molecule has 0 fully saturated rings. The monoisotopic (exact) mass is 448 g/mol. The van der Waals surface area contributed by atoms with Gasteiger partial charge in [0.1, 0.15) is 11.2 Å². The third kappa shape index (κ3) is 3.30. The van der Waals surface area contributed by atoms with Crippen LogP contribution in [0.1, 0.15) is 0 Å². The van der Waals surface area contributed by atoms with Gasteiger partial charge in [0, 0.05) is 26.6 Å². The Morgan fingerprint density at radius 3 is 2.06 bits per heavy atom. The van der Waals surface area contributed by atoms with E-state index in [4.69, 9.17) is 14.4 Å². The maximum Gasteiger partial charge on any atom is 0.164 e. The third-order valence-corrected chi connectivity index (χ3v) is 7.68. The van der Waals surface area contributed by atoms with Crippen LogP contribution in [0.3, 0.4) is 0 Å². The zero-order valence-corrected chi connectivity index (χ0v) is 19.7.